The van der Waals surface area contributed by atoms with Gasteiger partial charge in [0.25, 0.3) is 17.5 Å². The van der Waals surface area contributed by atoms with Gasteiger partial charge < -0.3 is 14.2 Å². The summed E-state index contributed by atoms with van der Waals surface area (Å²) in [5.74, 6) is -3.32. The Morgan fingerprint density at radius 2 is 1.36 bits per heavy atom. The minimum absolute atomic E-state index is 0.0593. The van der Waals surface area contributed by atoms with Crippen molar-refractivity contribution in [3.05, 3.63) is 128 Å². The van der Waals surface area contributed by atoms with E-state index in [0.717, 1.165) is 17.7 Å². The van der Waals surface area contributed by atoms with Crippen LogP contribution >= 0.6 is 0 Å². The van der Waals surface area contributed by atoms with Gasteiger partial charge in [-0.1, -0.05) is 17.7 Å². The third-order valence-corrected chi connectivity index (χ3v) is 6.75. The number of amides is 2. The Hall–Kier alpha value is -6.17. The van der Waals surface area contributed by atoms with Crippen molar-refractivity contribution in [1.82, 2.24) is 0 Å². The number of anilines is 1. The average Bonchev–Trinajstić information content (AvgIpc) is 3.28. The summed E-state index contributed by atoms with van der Waals surface area (Å²) in [4.78, 5) is 75.4. The zero-order valence-electron chi connectivity index (χ0n) is 23.3. The van der Waals surface area contributed by atoms with Gasteiger partial charge in [-0.25, -0.2) is 14.5 Å². The average molecular weight is 595 g/mol. The van der Waals surface area contributed by atoms with Crippen LogP contribution in [0.2, 0.25) is 0 Å². The molecule has 4 aromatic carbocycles. The minimum Gasteiger partial charge on any atom is -0.496 e. The van der Waals surface area contributed by atoms with E-state index in [1.54, 1.807) is 24.3 Å². The molecule has 0 atom stereocenters. The van der Waals surface area contributed by atoms with E-state index < -0.39 is 46.8 Å². The summed E-state index contributed by atoms with van der Waals surface area (Å²) in [6.45, 7) is 1.27. The molecule has 1 aliphatic rings. The van der Waals surface area contributed by atoms with E-state index in [1.165, 1.54) is 55.6 Å². The van der Waals surface area contributed by atoms with Gasteiger partial charge in [-0.15, -0.1) is 0 Å². The quantitative estimate of drug-likeness (QED) is 0.0646. The number of nitrogens with zero attached hydrogens (tertiary/aromatic N) is 2. The van der Waals surface area contributed by atoms with Crippen LogP contribution in [0.4, 0.5) is 11.4 Å². The number of aryl methyl sites for hydroxylation is 1. The summed E-state index contributed by atoms with van der Waals surface area (Å²) in [7, 11) is 1.32. The van der Waals surface area contributed by atoms with Gasteiger partial charge in [-0.2, -0.15) is 0 Å². The third kappa shape index (κ3) is 5.77. The summed E-state index contributed by atoms with van der Waals surface area (Å²) >= 11 is 0. The molecule has 220 valence electrons. The molecule has 12 heteroatoms. The van der Waals surface area contributed by atoms with E-state index >= 15 is 0 Å². The molecular weight excluding hydrogens is 572 g/mol. The first-order valence-electron chi connectivity index (χ1n) is 13.0. The molecule has 0 bridgehead atoms. The standard InChI is InChI=1S/C32H22N2O10/c1-18-3-5-20(6-4-18)32(39)44-22-10-7-19(8-11-22)28(35)17-43-31(38)21-9-13-24-25(15-21)30(37)33(29(24)36)26-14-12-23(42-2)16-27(26)34(40)41/h3-16H,17H2,1-2H3. The number of nitro benzene ring substituents is 1. The van der Waals surface area contributed by atoms with Crippen LogP contribution in [-0.2, 0) is 4.74 Å². The predicted octanol–water partition coefficient (Wildman–Crippen LogP) is 4.97. The molecule has 0 aliphatic carbocycles. The highest BCUT2D eigenvalue weighted by atomic mass is 16.6. The summed E-state index contributed by atoms with van der Waals surface area (Å²) < 4.78 is 15.4. The monoisotopic (exact) mass is 594 g/mol. The molecule has 0 saturated carbocycles. The number of ketones is 1. The van der Waals surface area contributed by atoms with Crippen LogP contribution in [0.5, 0.6) is 11.5 Å². The summed E-state index contributed by atoms with van der Waals surface area (Å²) in [5.41, 5.74) is 0.459. The van der Waals surface area contributed by atoms with E-state index in [9.17, 15) is 34.1 Å². The fraction of sp³-hybridized carbons (Fsp3) is 0.0938. The number of nitro groups is 1. The van der Waals surface area contributed by atoms with Crippen molar-refractivity contribution in [2.45, 2.75) is 6.92 Å². The van der Waals surface area contributed by atoms with Crippen molar-refractivity contribution < 1.29 is 43.1 Å². The number of rotatable bonds is 9. The molecule has 0 unspecified atom stereocenters. The van der Waals surface area contributed by atoms with E-state index in [4.69, 9.17) is 14.2 Å². The molecule has 0 spiro atoms. The number of fused-ring (bicyclic) bond motifs is 1. The summed E-state index contributed by atoms with van der Waals surface area (Å²) in [5, 5.41) is 11.6. The van der Waals surface area contributed by atoms with Crippen molar-refractivity contribution in [3.8, 4) is 11.5 Å². The normalized spacial score (nSPS) is 12.0. The van der Waals surface area contributed by atoms with Gasteiger partial charge in [-0.3, -0.25) is 24.5 Å². The summed E-state index contributed by atoms with van der Waals surface area (Å²) in [6, 6.07) is 19.9. The lowest BCUT2D eigenvalue weighted by atomic mass is 10.1. The predicted molar refractivity (Wildman–Crippen MR) is 154 cm³/mol. The smallest absolute Gasteiger partial charge is 0.343 e. The first kappa shape index (κ1) is 29.3. The first-order chi connectivity index (χ1) is 21.1. The Bertz CT molecular complexity index is 1850. The van der Waals surface area contributed by atoms with Crippen molar-refractivity contribution >= 4 is 40.9 Å². The number of methoxy groups -OCH3 is 1. The lowest BCUT2D eigenvalue weighted by Crippen LogP contribution is -2.30. The van der Waals surface area contributed by atoms with Crippen LogP contribution in [0.1, 0.15) is 57.4 Å². The molecule has 0 fully saturated rings. The fourth-order valence-electron chi connectivity index (χ4n) is 4.41. The van der Waals surface area contributed by atoms with Crippen molar-refractivity contribution in [2.75, 3.05) is 18.6 Å². The molecule has 2 amide bonds. The lowest BCUT2D eigenvalue weighted by Gasteiger charge is -2.14. The molecule has 0 radical (unpaired) electrons. The summed E-state index contributed by atoms with van der Waals surface area (Å²) in [6.07, 6.45) is 0. The third-order valence-electron chi connectivity index (χ3n) is 6.75. The number of carbonyl (C=O) groups is 5. The molecule has 0 aromatic heterocycles. The Morgan fingerprint density at radius 3 is 2.02 bits per heavy atom. The van der Waals surface area contributed by atoms with Gasteiger partial charge in [0, 0.05) is 5.56 Å². The zero-order chi connectivity index (χ0) is 31.5. The molecule has 0 saturated heterocycles. The SMILES string of the molecule is COc1ccc(N2C(=O)c3ccc(C(=O)OCC(=O)c4ccc(OC(=O)c5ccc(C)cc5)cc4)cc3C2=O)c([N+](=O)[O-])c1. The molecule has 1 heterocycles. The van der Waals surface area contributed by atoms with Crippen molar-refractivity contribution in [2.24, 2.45) is 0 Å². The second kappa shape index (κ2) is 12.0. The minimum atomic E-state index is -0.932. The topological polar surface area (TPSA) is 159 Å². The van der Waals surface area contributed by atoms with Crippen LogP contribution in [-0.4, -0.2) is 48.2 Å². The van der Waals surface area contributed by atoms with Crippen LogP contribution in [0.15, 0.2) is 84.9 Å². The van der Waals surface area contributed by atoms with Gasteiger partial charge in [0.1, 0.15) is 17.2 Å². The number of Topliss-reactive ketones (excluding diaryl/α,β-unsaturated/α-hetero) is 1. The van der Waals surface area contributed by atoms with E-state index in [-0.39, 0.29) is 39.4 Å². The van der Waals surface area contributed by atoms with Gasteiger partial charge >= 0.3 is 11.9 Å². The number of imide groups is 1. The van der Waals surface area contributed by atoms with Crippen LogP contribution in [0.3, 0.4) is 0 Å². The number of ether oxygens (including phenoxy) is 3. The highest BCUT2D eigenvalue weighted by molar-refractivity contribution is 6.35. The number of hydrogen-bond donors (Lipinski definition) is 0. The maximum absolute atomic E-state index is 13.2. The van der Waals surface area contributed by atoms with Crippen molar-refractivity contribution in [1.29, 1.82) is 0 Å². The Labute approximate surface area is 249 Å². The highest BCUT2D eigenvalue weighted by Crippen LogP contribution is 2.37. The maximum Gasteiger partial charge on any atom is 0.343 e. The second-order valence-corrected chi connectivity index (χ2v) is 9.60. The molecular formula is C32H22N2O10. The Kier molecular flexibility index (Phi) is 7.98. The van der Waals surface area contributed by atoms with E-state index in [1.807, 2.05) is 6.92 Å². The second-order valence-electron chi connectivity index (χ2n) is 9.60. The molecule has 44 heavy (non-hydrogen) atoms. The Balaban J connectivity index is 1.24. The molecule has 5 rings (SSSR count). The molecule has 4 aromatic rings. The number of hydrogen-bond acceptors (Lipinski definition) is 10. The number of benzene rings is 4. The molecule has 12 nitrogen and oxygen atoms in total. The van der Waals surface area contributed by atoms with Gasteiger partial charge in [0.15, 0.2) is 12.4 Å². The first-order valence-corrected chi connectivity index (χ1v) is 13.0. The van der Waals surface area contributed by atoms with Gasteiger partial charge in [0.2, 0.25) is 0 Å². The molecule has 0 N–H and O–H groups in total. The number of carbonyl (C=O) groups excluding carboxylic acids is 5. The molecule has 1 aliphatic heterocycles. The number of esters is 2. The van der Waals surface area contributed by atoms with Crippen LogP contribution < -0.4 is 14.4 Å². The van der Waals surface area contributed by atoms with Gasteiger partial charge in [0.05, 0.1) is 40.4 Å². The van der Waals surface area contributed by atoms with Gasteiger partial charge in [-0.05, 0) is 73.7 Å². The van der Waals surface area contributed by atoms with E-state index in [0.29, 0.717) is 10.5 Å². The maximum atomic E-state index is 13.2. The fourth-order valence-corrected chi connectivity index (χ4v) is 4.41. The highest BCUT2D eigenvalue weighted by Gasteiger charge is 2.40. The largest absolute Gasteiger partial charge is 0.496 e. The Morgan fingerprint density at radius 1 is 0.750 bits per heavy atom. The van der Waals surface area contributed by atoms with E-state index in [2.05, 4.69) is 0 Å². The zero-order valence-corrected chi connectivity index (χ0v) is 23.3. The van der Waals surface area contributed by atoms with Crippen LogP contribution in [0.25, 0.3) is 0 Å². The lowest BCUT2D eigenvalue weighted by molar-refractivity contribution is -0.384. The van der Waals surface area contributed by atoms with Crippen LogP contribution in [0, 0.1) is 17.0 Å². The van der Waals surface area contributed by atoms with Crippen molar-refractivity contribution in [3.63, 3.8) is 0 Å².